The van der Waals surface area contributed by atoms with Crippen LogP contribution < -0.4 is 5.32 Å². The summed E-state index contributed by atoms with van der Waals surface area (Å²) in [6.45, 7) is 1.88. The van der Waals surface area contributed by atoms with Gasteiger partial charge in [-0.15, -0.1) is 0 Å². The number of rotatable bonds is 6. The summed E-state index contributed by atoms with van der Waals surface area (Å²) in [6, 6.07) is 14.7. The maximum Gasteiger partial charge on any atom is 0.224 e. The van der Waals surface area contributed by atoms with Gasteiger partial charge in [0.1, 0.15) is 11.5 Å². The summed E-state index contributed by atoms with van der Waals surface area (Å²) in [5, 5.41) is 11.5. The summed E-state index contributed by atoms with van der Waals surface area (Å²) in [5.74, 6) is 0.805. The molecular formula is C33H30FN7O. The Bertz CT molecular complexity index is 1920. The van der Waals surface area contributed by atoms with Crippen molar-refractivity contribution in [1.82, 2.24) is 30.1 Å². The van der Waals surface area contributed by atoms with Crippen LogP contribution in [-0.2, 0) is 4.79 Å². The molecule has 0 unspecified atom stereocenters. The fraction of sp³-hybridized carbons (Fsp3) is 0.242. The number of aryl methyl sites for hydroxylation is 1. The van der Waals surface area contributed by atoms with Gasteiger partial charge in [0, 0.05) is 29.1 Å². The predicted octanol–water partition coefficient (Wildman–Crippen LogP) is 7.59. The molecule has 1 aliphatic rings. The summed E-state index contributed by atoms with van der Waals surface area (Å²) < 4.78 is 14.2. The molecule has 2 aromatic carbocycles. The quantitative estimate of drug-likeness (QED) is 0.195. The van der Waals surface area contributed by atoms with Gasteiger partial charge in [0.15, 0.2) is 5.82 Å². The van der Waals surface area contributed by atoms with Crippen LogP contribution in [0, 0.1) is 18.7 Å². The second-order valence-electron chi connectivity index (χ2n) is 11.2. The lowest BCUT2D eigenvalue weighted by Gasteiger charge is -2.20. The van der Waals surface area contributed by atoms with E-state index in [9.17, 15) is 9.18 Å². The van der Waals surface area contributed by atoms with Crippen molar-refractivity contribution in [2.75, 3.05) is 5.32 Å². The van der Waals surface area contributed by atoms with Crippen LogP contribution in [0.25, 0.3) is 55.8 Å². The number of fused-ring (bicyclic) bond motifs is 2. The molecule has 42 heavy (non-hydrogen) atoms. The zero-order valence-corrected chi connectivity index (χ0v) is 23.2. The first kappa shape index (κ1) is 26.0. The van der Waals surface area contributed by atoms with Gasteiger partial charge in [-0.2, -0.15) is 5.10 Å². The molecule has 210 valence electrons. The number of hydrogen-bond acceptors (Lipinski definition) is 5. The number of H-pyrrole nitrogens is 2. The van der Waals surface area contributed by atoms with Gasteiger partial charge in [-0.3, -0.25) is 19.9 Å². The molecule has 1 saturated carbocycles. The Balaban J connectivity index is 1.20. The van der Waals surface area contributed by atoms with Gasteiger partial charge in [-0.25, -0.2) is 9.37 Å². The molecule has 9 heteroatoms. The second-order valence-corrected chi connectivity index (χ2v) is 11.2. The second kappa shape index (κ2) is 10.8. The van der Waals surface area contributed by atoms with Gasteiger partial charge < -0.3 is 10.3 Å². The monoisotopic (exact) mass is 559 g/mol. The van der Waals surface area contributed by atoms with Crippen molar-refractivity contribution in [3.8, 4) is 33.9 Å². The number of pyridine rings is 2. The highest BCUT2D eigenvalue weighted by Gasteiger charge is 2.19. The molecule has 0 bridgehead atoms. The Kier molecular flexibility index (Phi) is 6.70. The third-order valence-electron chi connectivity index (χ3n) is 8.05. The third-order valence-corrected chi connectivity index (χ3v) is 8.05. The number of aromatic nitrogens is 6. The van der Waals surface area contributed by atoms with Crippen molar-refractivity contribution in [2.24, 2.45) is 5.92 Å². The number of para-hydroxylation sites is 1. The molecule has 8 nitrogen and oxygen atoms in total. The predicted molar refractivity (Wildman–Crippen MR) is 162 cm³/mol. The number of aromatic amines is 2. The number of nitrogens with one attached hydrogen (secondary N) is 3. The van der Waals surface area contributed by atoms with Crippen LogP contribution in [0.5, 0.6) is 0 Å². The molecule has 0 radical (unpaired) electrons. The molecule has 4 aromatic heterocycles. The Morgan fingerprint density at radius 2 is 1.88 bits per heavy atom. The Labute approximate surface area is 241 Å². The number of nitrogens with zero attached hydrogens (tertiary/aromatic N) is 4. The van der Waals surface area contributed by atoms with Crippen molar-refractivity contribution in [3.63, 3.8) is 0 Å². The average Bonchev–Trinajstić information content (AvgIpc) is 3.61. The number of halogens is 1. The highest BCUT2D eigenvalue weighted by atomic mass is 19.1. The first-order chi connectivity index (χ1) is 20.5. The van der Waals surface area contributed by atoms with Crippen LogP contribution in [0.3, 0.4) is 0 Å². The summed E-state index contributed by atoms with van der Waals surface area (Å²) in [5.41, 5.74) is 7.58. The fourth-order valence-electron chi connectivity index (χ4n) is 6.04. The summed E-state index contributed by atoms with van der Waals surface area (Å²) >= 11 is 0. The molecule has 1 aliphatic carbocycles. The lowest BCUT2D eigenvalue weighted by atomic mass is 9.87. The molecular weight excluding hydrogens is 529 g/mol. The van der Waals surface area contributed by atoms with E-state index < -0.39 is 0 Å². The molecule has 0 atom stereocenters. The van der Waals surface area contributed by atoms with Crippen LogP contribution in [0.2, 0.25) is 0 Å². The minimum Gasteiger partial charge on any atom is -0.337 e. The van der Waals surface area contributed by atoms with Crippen molar-refractivity contribution in [1.29, 1.82) is 0 Å². The molecule has 0 aliphatic heterocycles. The molecule has 7 rings (SSSR count). The molecule has 3 N–H and O–H groups in total. The molecule has 6 aromatic rings. The summed E-state index contributed by atoms with van der Waals surface area (Å²) in [6.07, 6.45) is 11.6. The van der Waals surface area contributed by atoms with E-state index in [1.807, 2.05) is 43.3 Å². The van der Waals surface area contributed by atoms with Crippen LogP contribution in [0.15, 0.2) is 67.1 Å². The van der Waals surface area contributed by atoms with Gasteiger partial charge in [0.25, 0.3) is 0 Å². The summed E-state index contributed by atoms with van der Waals surface area (Å²) in [7, 11) is 0. The number of anilines is 1. The number of imidazole rings is 1. The van der Waals surface area contributed by atoms with Crippen LogP contribution >= 0.6 is 0 Å². The SMILES string of the molecule is Cc1cc(F)cc(-c2cccc3[nH]c(-c4n[nH]c5cnc(-c6cncc(NC(=O)CC7CCCCC7)c6)cc45)nc23)c1. The van der Waals surface area contributed by atoms with Gasteiger partial charge in [0.2, 0.25) is 5.91 Å². The fourth-order valence-corrected chi connectivity index (χ4v) is 6.04. The summed E-state index contributed by atoms with van der Waals surface area (Å²) in [4.78, 5) is 30.0. The van der Waals surface area contributed by atoms with E-state index in [0.717, 1.165) is 57.0 Å². The van der Waals surface area contributed by atoms with Crippen molar-refractivity contribution in [3.05, 3.63) is 78.5 Å². The van der Waals surface area contributed by atoms with Crippen LogP contribution in [0.1, 0.15) is 44.1 Å². The minimum absolute atomic E-state index is 0.0269. The highest BCUT2D eigenvalue weighted by Crippen LogP contribution is 2.33. The molecule has 0 spiro atoms. The van der Waals surface area contributed by atoms with Crippen molar-refractivity contribution >= 4 is 33.5 Å². The molecule has 4 heterocycles. The van der Waals surface area contributed by atoms with Crippen LogP contribution in [0.4, 0.5) is 10.1 Å². The van der Waals surface area contributed by atoms with Crippen molar-refractivity contribution < 1.29 is 9.18 Å². The first-order valence-corrected chi connectivity index (χ1v) is 14.4. The Hall–Kier alpha value is -4.92. The van der Waals surface area contributed by atoms with Gasteiger partial charge in [-0.1, -0.05) is 37.5 Å². The zero-order chi connectivity index (χ0) is 28.6. The number of carbonyl (C=O) groups excluding carboxylic acids is 1. The third kappa shape index (κ3) is 5.13. The number of benzene rings is 2. The van der Waals surface area contributed by atoms with E-state index >= 15 is 0 Å². The minimum atomic E-state index is -0.279. The number of amides is 1. The van der Waals surface area contributed by atoms with E-state index in [1.54, 1.807) is 18.6 Å². The smallest absolute Gasteiger partial charge is 0.224 e. The molecule has 1 amide bonds. The number of hydrogen-bond donors (Lipinski definition) is 3. The standard InChI is InChI=1S/C33H30FN7O/c1-19-10-21(13-23(34)11-19)25-8-5-9-27-31(25)39-33(38-27)32-26-15-28(36-18-29(26)40-41-32)22-14-24(17-35-16-22)37-30(42)12-20-6-3-2-4-7-20/h5,8-11,13-18,20H,2-4,6-7,12H2,1H3,(H,37,42)(H,38,39)(H,40,41). The molecule has 1 fully saturated rings. The van der Waals surface area contributed by atoms with Gasteiger partial charge >= 0.3 is 0 Å². The van der Waals surface area contributed by atoms with Crippen LogP contribution in [-0.4, -0.2) is 36.0 Å². The topological polar surface area (TPSA) is 112 Å². The van der Waals surface area contributed by atoms with E-state index in [0.29, 0.717) is 35.2 Å². The zero-order valence-electron chi connectivity index (χ0n) is 23.2. The van der Waals surface area contributed by atoms with E-state index in [4.69, 9.17) is 4.98 Å². The largest absolute Gasteiger partial charge is 0.337 e. The van der Waals surface area contributed by atoms with E-state index in [1.165, 1.54) is 31.4 Å². The Morgan fingerprint density at radius 3 is 2.74 bits per heavy atom. The number of carbonyl (C=O) groups is 1. The van der Waals surface area contributed by atoms with E-state index in [2.05, 4.69) is 30.5 Å². The highest BCUT2D eigenvalue weighted by molar-refractivity contribution is 5.98. The average molecular weight is 560 g/mol. The maximum atomic E-state index is 14.2. The first-order valence-electron chi connectivity index (χ1n) is 14.4. The lowest BCUT2D eigenvalue weighted by molar-refractivity contribution is -0.117. The normalized spacial score (nSPS) is 14.0. The van der Waals surface area contributed by atoms with Crippen molar-refractivity contribution in [2.45, 2.75) is 45.4 Å². The lowest BCUT2D eigenvalue weighted by Crippen LogP contribution is -2.18. The van der Waals surface area contributed by atoms with E-state index in [-0.39, 0.29) is 11.7 Å². The van der Waals surface area contributed by atoms with Gasteiger partial charge in [0.05, 0.1) is 40.3 Å². The molecule has 0 saturated heterocycles. The Morgan fingerprint density at radius 1 is 1.00 bits per heavy atom. The maximum absolute atomic E-state index is 14.2. The van der Waals surface area contributed by atoms with Gasteiger partial charge in [-0.05, 0) is 67.1 Å².